The van der Waals surface area contributed by atoms with E-state index in [-0.39, 0.29) is 12.1 Å². The molecule has 0 saturated carbocycles. The van der Waals surface area contributed by atoms with E-state index in [1.54, 1.807) is 20.8 Å². The fourth-order valence-electron chi connectivity index (χ4n) is 1.56. The van der Waals surface area contributed by atoms with E-state index in [9.17, 15) is 22.8 Å². The largest absolute Gasteiger partial charge is 0.408 e. The molecule has 0 bridgehead atoms. The van der Waals surface area contributed by atoms with Gasteiger partial charge in [0.15, 0.2) is 0 Å². The van der Waals surface area contributed by atoms with Gasteiger partial charge in [0.1, 0.15) is 11.7 Å². The number of carbonyl (C=O) groups excluding carboxylic acids is 1. The number of H-pyrrole nitrogens is 1. The van der Waals surface area contributed by atoms with Gasteiger partial charge in [-0.2, -0.15) is 18.3 Å². The molecule has 5 nitrogen and oxygen atoms in total. The van der Waals surface area contributed by atoms with Crippen molar-refractivity contribution < 1.29 is 18.0 Å². The first-order valence-corrected chi connectivity index (χ1v) is 5.92. The monoisotopic (exact) mass is 291 g/mol. The Bertz CT molecular complexity index is 511. The van der Waals surface area contributed by atoms with Crippen molar-refractivity contribution in [1.82, 2.24) is 15.5 Å². The van der Waals surface area contributed by atoms with Gasteiger partial charge >= 0.3 is 6.18 Å². The second kappa shape index (κ2) is 5.64. The predicted molar refractivity (Wildman–Crippen MR) is 66.2 cm³/mol. The lowest BCUT2D eigenvalue weighted by Crippen LogP contribution is -2.47. The maximum atomic E-state index is 12.9. The van der Waals surface area contributed by atoms with Crippen LogP contribution < -0.4 is 10.9 Å². The third-order valence-corrected chi connectivity index (χ3v) is 2.43. The minimum atomic E-state index is -4.55. The highest BCUT2D eigenvalue weighted by atomic mass is 19.4. The topological polar surface area (TPSA) is 74.8 Å². The van der Waals surface area contributed by atoms with Gasteiger partial charge in [0.25, 0.3) is 11.5 Å². The van der Waals surface area contributed by atoms with Gasteiger partial charge in [-0.25, -0.2) is 5.10 Å². The van der Waals surface area contributed by atoms with Gasteiger partial charge in [0, 0.05) is 6.07 Å². The fraction of sp³-hybridized carbons (Fsp3) is 0.583. The zero-order valence-corrected chi connectivity index (χ0v) is 11.3. The molecule has 1 aromatic rings. The van der Waals surface area contributed by atoms with Crippen molar-refractivity contribution in [2.75, 3.05) is 0 Å². The molecular weight excluding hydrogens is 275 g/mol. The molecule has 0 radical (unpaired) electrons. The van der Waals surface area contributed by atoms with Crippen molar-refractivity contribution in [3.8, 4) is 0 Å². The van der Waals surface area contributed by atoms with Crippen molar-refractivity contribution in [3.63, 3.8) is 0 Å². The summed E-state index contributed by atoms with van der Waals surface area (Å²) in [7, 11) is 0. The molecule has 1 unspecified atom stereocenters. The second-order valence-corrected chi connectivity index (χ2v) is 5.64. The van der Waals surface area contributed by atoms with Crippen LogP contribution in [-0.4, -0.2) is 28.3 Å². The lowest BCUT2D eigenvalue weighted by atomic mass is 9.88. The van der Waals surface area contributed by atoms with Crippen LogP contribution in [0.5, 0.6) is 0 Å². The number of aromatic amines is 1. The van der Waals surface area contributed by atoms with Crippen LogP contribution in [0.3, 0.4) is 0 Å². The first kappa shape index (κ1) is 16.2. The van der Waals surface area contributed by atoms with Gasteiger partial charge < -0.3 is 5.32 Å². The quantitative estimate of drug-likeness (QED) is 0.892. The Morgan fingerprint density at radius 3 is 2.35 bits per heavy atom. The number of aromatic nitrogens is 2. The Morgan fingerprint density at radius 2 is 1.95 bits per heavy atom. The molecule has 1 amide bonds. The summed E-state index contributed by atoms with van der Waals surface area (Å²) < 4.78 is 38.7. The standard InChI is InChI=1S/C12H16F3N3O2/c1-11(2,3)6-8(12(13,14)15)16-10(20)7-4-5-9(19)18-17-7/h4-5,8H,6H2,1-3H3,(H,16,20)(H,18,19). The van der Waals surface area contributed by atoms with Crippen LogP contribution in [0.2, 0.25) is 0 Å². The highest BCUT2D eigenvalue weighted by molar-refractivity contribution is 5.92. The molecule has 1 atom stereocenters. The summed E-state index contributed by atoms with van der Waals surface area (Å²) in [4.78, 5) is 22.5. The van der Waals surface area contributed by atoms with Crippen molar-refractivity contribution in [3.05, 3.63) is 28.2 Å². The molecule has 2 N–H and O–H groups in total. The van der Waals surface area contributed by atoms with E-state index in [1.807, 2.05) is 10.4 Å². The molecule has 112 valence electrons. The van der Waals surface area contributed by atoms with Crippen LogP contribution in [0.1, 0.15) is 37.7 Å². The molecule has 0 saturated heterocycles. The average molecular weight is 291 g/mol. The first-order valence-electron chi connectivity index (χ1n) is 5.92. The van der Waals surface area contributed by atoms with E-state index < -0.39 is 29.1 Å². The molecule has 0 fully saturated rings. The first-order chi connectivity index (χ1) is 8.99. The van der Waals surface area contributed by atoms with Gasteiger partial charge in [0.05, 0.1) is 0 Å². The van der Waals surface area contributed by atoms with Gasteiger partial charge in [-0.1, -0.05) is 20.8 Å². The zero-order chi connectivity index (χ0) is 15.6. The molecule has 0 spiro atoms. The SMILES string of the molecule is CC(C)(C)CC(NC(=O)c1ccc(=O)[nH]n1)C(F)(F)F. The average Bonchev–Trinajstić information content (AvgIpc) is 2.25. The molecule has 1 rings (SSSR count). The van der Waals surface area contributed by atoms with Crippen molar-refractivity contribution in [1.29, 1.82) is 0 Å². The smallest absolute Gasteiger partial charge is 0.339 e. The normalized spacial score (nSPS) is 13.9. The van der Waals surface area contributed by atoms with Crippen LogP contribution in [0.15, 0.2) is 16.9 Å². The molecule has 8 heteroatoms. The number of amides is 1. The molecular formula is C12H16F3N3O2. The van der Waals surface area contributed by atoms with Gasteiger partial charge in [0.2, 0.25) is 0 Å². The maximum Gasteiger partial charge on any atom is 0.408 e. The van der Waals surface area contributed by atoms with Gasteiger partial charge in [-0.3, -0.25) is 9.59 Å². The molecule has 0 aromatic carbocycles. The number of hydrogen-bond acceptors (Lipinski definition) is 3. The van der Waals surface area contributed by atoms with E-state index in [0.29, 0.717) is 0 Å². The highest BCUT2D eigenvalue weighted by Crippen LogP contribution is 2.30. The number of alkyl halides is 3. The zero-order valence-electron chi connectivity index (χ0n) is 11.3. The molecule has 1 aromatic heterocycles. The Morgan fingerprint density at radius 1 is 1.35 bits per heavy atom. The number of carbonyl (C=O) groups is 1. The third-order valence-electron chi connectivity index (χ3n) is 2.43. The maximum absolute atomic E-state index is 12.9. The van der Waals surface area contributed by atoms with Crippen molar-refractivity contribution in [2.45, 2.75) is 39.4 Å². The molecule has 20 heavy (non-hydrogen) atoms. The predicted octanol–water partition coefficient (Wildman–Crippen LogP) is 1.87. The van der Waals surface area contributed by atoms with E-state index in [1.165, 1.54) is 0 Å². The second-order valence-electron chi connectivity index (χ2n) is 5.64. The number of nitrogens with one attached hydrogen (secondary N) is 2. The van der Waals surface area contributed by atoms with Crippen LogP contribution in [-0.2, 0) is 0 Å². The van der Waals surface area contributed by atoms with Crippen LogP contribution in [0.25, 0.3) is 0 Å². The summed E-state index contributed by atoms with van der Waals surface area (Å²) in [6, 6.07) is 0.121. The summed E-state index contributed by atoms with van der Waals surface area (Å²) in [5, 5.41) is 7.29. The van der Waals surface area contributed by atoms with Crippen molar-refractivity contribution in [2.24, 2.45) is 5.41 Å². The summed E-state index contributed by atoms with van der Waals surface area (Å²) in [5.74, 6) is -0.979. The van der Waals surface area contributed by atoms with E-state index in [0.717, 1.165) is 12.1 Å². The summed E-state index contributed by atoms with van der Waals surface area (Å²) in [6.07, 6.45) is -4.81. The minimum Gasteiger partial charge on any atom is -0.339 e. The lowest BCUT2D eigenvalue weighted by Gasteiger charge is -2.28. The summed E-state index contributed by atoms with van der Waals surface area (Å²) in [6.45, 7) is 4.95. The van der Waals surface area contributed by atoms with Crippen molar-refractivity contribution >= 4 is 5.91 Å². The van der Waals surface area contributed by atoms with Crippen LogP contribution >= 0.6 is 0 Å². The highest BCUT2D eigenvalue weighted by Gasteiger charge is 2.42. The number of hydrogen-bond donors (Lipinski definition) is 2. The molecule has 0 aliphatic rings. The van der Waals surface area contributed by atoms with Gasteiger partial charge in [-0.15, -0.1) is 0 Å². The van der Waals surface area contributed by atoms with Gasteiger partial charge in [-0.05, 0) is 17.9 Å². The number of rotatable bonds is 3. The van der Waals surface area contributed by atoms with E-state index in [4.69, 9.17) is 0 Å². The minimum absolute atomic E-state index is 0.258. The molecule has 0 aliphatic carbocycles. The Balaban J connectivity index is 2.87. The van der Waals surface area contributed by atoms with E-state index >= 15 is 0 Å². The lowest BCUT2D eigenvalue weighted by molar-refractivity contribution is -0.159. The summed E-state index contributed by atoms with van der Waals surface area (Å²) >= 11 is 0. The fourth-order valence-corrected chi connectivity index (χ4v) is 1.56. The van der Waals surface area contributed by atoms with Crippen LogP contribution in [0, 0.1) is 5.41 Å². The molecule has 0 aliphatic heterocycles. The Labute approximate surface area is 113 Å². The number of nitrogens with zero attached hydrogens (tertiary/aromatic N) is 1. The van der Waals surface area contributed by atoms with Crippen LogP contribution in [0.4, 0.5) is 13.2 Å². The molecule has 1 heterocycles. The number of halogens is 3. The van der Waals surface area contributed by atoms with E-state index in [2.05, 4.69) is 5.10 Å². The third kappa shape index (κ3) is 5.02. The summed E-state index contributed by atoms with van der Waals surface area (Å²) in [5.41, 5.74) is -1.41. The Kier molecular flexibility index (Phi) is 4.57. The Hall–Kier alpha value is -1.86.